The van der Waals surface area contributed by atoms with Crippen molar-refractivity contribution in [1.82, 2.24) is 0 Å². The maximum atomic E-state index is 12.9. The Kier molecular flexibility index (Phi) is 5.76. The topological polar surface area (TPSA) is 51.1 Å². The number of rotatable bonds is 6. The normalized spacial score (nSPS) is 15.1. The highest BCUT2D eigenvalue weighted by molar-refractivity contribution is 9.10. The van der Waals surface area contributed by atoms with Crippen molar-refractivity contribution in [2.75, 3.05) is 18.7 Å². The van der Waals surface area contributed by atoms with Crippen LogP contribution in [-0.2, 0) is 4.79 Å². The number of carbonyl (C=O) groups excluding carboxylic acids is 1. The molecule has 3 rings (SSSR count). The van der Waals surface area contributed by atoms with Gasteiger partial charge in [-0.05, 0) is 48.9 Å². The van der Waals surface area contributed by atoms with E-state index in [0.717, 1.165) is 10.0 Å². The molecule has 2 aromatic rings. The third kappa shape index (κ3) is 4.11. The van der Waals surface area contributed by atoms with Crippen molar-refractivity contribution in [3.05, 3.63) is 70.7 Å². The highest BCUT2D eigenvalue weighted by Crippen LogP contribution is 2.31. The molecule has 0 radical (unpaired) electrons. The molecular weight excluding hydrogens is 408 g/mol. The fourth-order valence-electron chi connectivity index (χ4n) is 2.68. The molecule has 0 fully saturated rings. The summed E-state index contributed by atoms with van der Waals surface area (Å²) in [7, 11) is 1.58. The maximum absolute atomic E-state index is 12.9. The minimum absolute atomic E-state index is 0.170. The molecule has 1 heterocycles. The lowest BCUT2D eigenvalue weighted by molar-refractivity contribution is -0.114. The van der Waals surface area contributed by atoms with Crippen molar-refractivity contribution in [2.24, 2.45) is 5.10 Å². The standard InChI is InChI=1S/C21H19BrN2O3/c1-4-10-27-19-9-8-15(12-20(19)26-3)11-18-14(2)23-24(21(18)25)17-7-5-6-16(22)13-17/h4-9,11-13H,1,10H2,2-3H3. The van der Waals surface area contributed by atoms with E-state index in [1.807, 2.05) is 49.4 Å². The lowest BCUT2D eigenvalue weighted by Crippen LogP contribution is -2.21. The molecule has 138 valence electrons. The molecule has 0 N–H and O–H groups in total. The summed E-state index contributed by atoms with van der Waals surface area (Å²) >= 11 is 3.42. The van der Waals surface area contributed by atoms with Gasteiger partial charge in [0.05, 0.1) is 24.1 Å². The van der Waals surface area contributed by atoms with Gasteiger partial charge in [0.15, 0.2) is 11.5 Å². The number of amides is 1. The van der Waals surface area contributed by atoms with Crippen LogP contribution in [0.3, 0.4) is 0 Å². The van der Waals surface area contributed by atoms with E-state index in [0.29, 0.717) is 35.1 Å². The van der Waals surface area contributed by atoms with E-state index in [1.165, 1.54) is 5.01 Å². The largest absolute Gasteiger partial charge is 0.493 e. The van der Waals surface area contributed by atoms with Crippen LogP contribution in [0.2, 0.25) is 0 Å². The first-order chi connectivity index (χ1) is 13.0. The minimum atomic E-state index is -0.170. The van der Waals surface area contributed by atoms with Gasteiger partial charge in [0.1, 0.15) is 6.61 Å². The number of hydrazone groups is 1. The number of hydrogen-bond donors (Lipinski definition) is 0. The van der Waals surface area contributed by atoms with E-state index in [-0.39, 0.29) is 5.91 Å². The van der Waals surface area contributed by atoms with Gasteiger partial charge in [0.25, 0.3) is 5.91 Å². The molecule has 0 unspecified atom stereocenters. The summed E-state index contributed by atoms with van der Waals surface area (Å²) in [5.74, 6) is 1.05. The van der Waals surface area contributed by atoms with Crippen LogP contribution in [-0.4, -0.2) is 25.3 Å². The molecule has 0 aliphatic carbocycles. The zero-order valence-electron chi connectivity index (χ0n) is 15.1. The SMILES string of the molecule is C=CCOc1ccc(C=C2C(=O)N(c3cccc(Br)c3)N=C2C)cc1OC. The molecule has 0 aromatic heterocycles. The van der Waals surface area contributed by atoms with Crippen molar-refractivity contribution in [3.63, 3.8) is 0 Å². The summed E-state index contributed by atoms with van der Waals surface area (Å²) in [4.78, 5) is 12.9. The van der Waals surface area contributed by atoms with Crippen LogP contribution in [0.4, 0.5) is 5.69 Å². The third-order valence-electron chi connectivity index (χ3n) is 3.97. The van der Waals surface area contributed by atoms with Crippen LogP contribution in [0, 0.1) is 0 Å². The molecule has 6 heteroatoms. The number of methoxy groups -OCH3 is 1. The molecule has 0 atom stereocenters. The molecule has 0 bridgehead atoms. The summed E-state index contributed by atoms with van der Waals surface area (Å²) in [6.07, 6.45) is 3.47. The Morgan fingerprint density at radius 3 is 2.74 bits per heavy atom. The summed E-state index contributed by atoms with van der Waals surface area (Å²) in [5.41, 5.74) is 2.73. The van der Waals surface area contributed by atoms with Crippen LogP contribution in [0.25, 0.3) is 6.08 Å². The molecule has 2 aromatic carbocycles. The van der Waals surface area contributed by atoms with Crippen molar-refractivity contribution in [3.8, 4) is 11.5 Å². The monoisotopic (exact) mass is 426 g/mol. The van der Waals surface area contributed by atoms with Crippen molar-refractivity contribution < 1.29 is 14.3 Å². The Morgan fingerprint density at radius 2 is 2.04 bits per heavy atom. The van der Waals surface area contributed by atoms with E-state index >= 15 is 0 Å². The van der Waals surface area contributed by atoms with Gasteiger partial charge in [-0.2, -0.15) is 10.1 Å². The lowest BCUT2D eigenvalue weighted by atomic mass is 10.1. The summed E-state index contributed by atoms with van der Waals surface area (Å²) in [6, 6.07) is 13.0. The summed E-state index contributed by atoms with van der Waals surface area (Å²) in [5, 5.41) is 5.81. The van der Waals surface area contributed by atoms with Crippen LogP contribution in [0.15, 0.2) is 70.3 Å². The average Bonchev–Trinajstić information content (AvgIpc) is 2.95. The fraction of sp³-hybridized carbons (Fsp3) is 0.143. The Labute approximate surface area is 166 Å². The van der Waals surface area contributed by atoms with Gasteiger partial charge >= 0.3 is 0 Å². The molecule has 5 nitrogen and oxygen atoms in total. The first-order valence-corrected chi connectivity index (χ1v) is 9.12. The van der Waals surface area contributed by atoms with Crippen molar-refractivity contribution in [1.29, 1.82) is 0 Å². The first kappa shape index (κ1) is 18.9. The lowest BCUT2D eigenvalue weighted by Gasteiger charge is -2.12. The second kappa shape index (κ2) is 8.22. The first-order valence-electron chi connectivity index (χ1n) is 8.32. The average molecular weight is 427 g/mol. The molecular formula is C21H19BrN2O3. The Bertz CT molecular complexity index is 950. The number of benzene rings is 2. The van der Waals surface area contributed by atoms with Crippen LogP contribution in [0.5, 0.6) is 11.5 Å². The van der Waals surface area contributed by atoms with Crippen LogP contribution in [0.1, 0.15) is 12.5 Å². The molecule has 27 heavy (non-hydrogen) atoms. The second-order valence-corrected chi connectivity index (χ2v) is 6.77. The van der Waals surface area contributed by atoms with Gasteiger partial charge in [0.2, 0.25) is 0 Å². The maximum Gasteiger partial charge on any atom is 0.280 e. The molecule has 0 saturated heterocycles. The van der Waals surface area contributed by atoms with Crippen molar-refractivity contribution >= 4 is 39.3 Å². The zero-order chi connectivity index (χ0) is 19.4. The fourth-order valence-corrected chi connectivity index (χ4v) is 3.06. The molecule has 1 aliphatic heterocycles. The van der Waals surface area contributed by atoms with Gasteiger partial charge in [-0.15, -0.1) is 0 Å². The van der Waals surface area contributed by atoms with Gasteiger partial charge < -0.3 is 9.47 Å². The van der Waals surface area contributed by atoms with Gasteiger partial charge in [-0.25, -0.2) is 0 Å². The number of ether oxygens (including phenoxy) is 2. The zero-order valence-corrected chi connectivity index (χ0v) is 16.7. The summed E-state index contributed by atoms with van der Waals surface area (Å²) in [6.45, 7) is 5.85. The van der Waals surface area contributed by atoms with E-state index in [4.69, 9.17) is 9.47 Å². The quantitative estimate of drug-likeness (QED) is 0.490. The smallest absolute Gasteiger partial charge is 0.280 e. The number of anilines is 1. The third-order valence-corrected chi connectivity index (χ3v) is 4.46. The highest BCUT2D eigenvalue weighted by Gasteiger charge is 2.28. The highest BCUT2D eigenvalue weighted by atomic mass is 79.9. The number of carbonyl (C=O) groups is 1. The predicted molar refractivity (Wildman–Crippen MR) is 111 cm³/mol. The number of halogens is 1. The van der Waals surface area contributed by atoms with Gasteiger partial charge in [0, 0.05) is 4.47 Å². The summed E-state index contributed by atoms with van der Waals surface area (Å²) < 4.78 is 11.8. The molecule has 1 amide bonds. The molecule has 1 aliphatic rings. The minimum Gasteiger partial charge on any atom is -0.493 e. The Morgan fingerprint density at radius 1 is 1.22 bits per heavy atom. The molecule has 0 saturated carbocycles. The van der Waals surface area contributed by atoms with Gasteiger partial charge in [-0.1, -0.05) is 40.7 Å². The van der Waals surface area contributed by atoms with E-state index in [1.54, 1.807) is 19.3 Å². The second-order valence-electron chi connectivity index (χ2n) is 5.85. The Hall–Kier alpha value is -2.86. The predicted octanol–water partition coefficient (Wildman–Crippen LogP) is 4.83. The number of nitrogens with zero attached hydrogens (tertiary/aromatic N) is 2. The van der Waals surface area contributed by atoms with E-state index in [2.05, 4.69) is 27.6 Å². The number of hydrogen-bond acceptors (Lipinski definition) is 4. The van der Waals surface area contributed by atoms with Crippen molar-refractivity contribution in [2.45, 2.75) is 6.92 Å². The van der Waals surface area contributed by atoms with E-state index in [9.17, 15) is 4.79 Å². The van der Waals surface area contributed by atoms with Crippen LogP contribution >= 0.6 is 15.9 Å². The molecule has 0 spiro atoms. The van der Waals surface area contributed by atoms with Crippen LogP contribution < -0.4 is 14.5 Å². The van der Waals surface area contributed by atoms with E-state index < -0.39 is 0 Å². The van der Waals surface area contributed by atoms with Gasteiger partial charge in [-0.3, -0.25) is 4.79 Å². The Balaban J connectivity index is 1.90.